The summed E-state index contributed by atoms with van der Waals surface area (Å²) in [7, 11) is 0. The zero-order valence-electron chi connectivity index (χ0n) is 35.0. The fourth-order valence-corrected chi connectivity index (χ4v) is 10.8. The van der Waals surface area contributed by atoms with Crippen molar-refractivity contribution in [2.45, 2.75) is 0 Å². The fourth-order valence-electron chi connectivity index (χ4n) is 10.8. The van der Waals surface area contributed by atoms with Crippen molar-refractivity contribution in [2.24, 2.45) is 0 Å². The standard InChI is InChI=1S/C62H40N2/c1-7-21-41(22-8-1)55-59-49-35-19-33-47-54(64(45-29-15-5-16-30-45)46-31-17-6-18-32-46)40-38-52(57(47)49)62(59)56(42-23-9-2-10-24-42)60-50-36-20-34-48-53(39-37-51(58(48)50)61(55)60)63(43-25-11-3-12-26-43)44-27-13-4-14-28-44/h1-40H. The summed E-state index contributed by atoms with van der Waals surface area (Å²) < 4.78 is 0. The van der Waals surface area contributed by atoms with Crippen LogP contribution < -0.4 is 9.80 Å². The molecule has 0 aromatic heterocycles. The second-order valence-corrected chi connectivity index (χ2v) is 16.7. The van der Waals surface area contributed by atoms with Crippen LogP contribution in [-0.4, -0.2) is 0 Å². The maximum Gasteiger partial charge on any atom is 0.0540 e. The molecule has 13 aromatic rings. The molecule has 0 saturated heterocycles. The lowest BCUT2D eigenvalue weighted by Crippen LogP contribution is -2.10. The molecule has 13 rings (SSSR count). The Hall–Kier alpha value is -8.46. The van der Waals surface area contributed by atoms with Crippen LogP contribution in [0.4, 0.5) is 34.1 Å². The van der Waals surface area contributed by atoms with Crippen molar-refractivity contribution in [3.05, 3.63) is 243 Å². The molecule has 2 heteroatoms. The van der Waals surface area contributed by atoms with Gasteiger partial charge in [0.25, 0.3) is 0 Å². The van der Waals surface area contributed by atoms with E-state index in [4.69, 9.17) is 0 Å². The predicted octanol–water partition coefficient (Wildman–Crippen LogP) is 17.8. The first-order valence-corrected chi connectivity index (χ1v) is 22.1. The van der Waals surface area contributed by atoms with Gasteiger partial charge >= 0.3 is 0 Å². The Balaban J connectivity index is 1.21. The van der Waals surface area contributed by atoms with E-state index in [1.165, 1.54) is 86.9 Å². The van der Waals surface area contributed by atoms with Gasteiger partial charge in [0.2, 0.25) is 0 Å². The number of para-hydroxylation sites is 4. The Kier molecular flexibility index (Phi) is 8.25. The van der Waals surface area contributed by atoms with Gasteiger partial charge in [-0.1, -0.05) is 182 Å². The smallest absolute Gasteiger partial charge is 0.0540 e. The molecule has 0 aliphatic heterocycles. The van der Waals surface area contributed by atoms with E-state index in [9.17, 15) is 0 Å². The van der Waals surface area contributed by atoms with Crippen molar-refractivity contribution in [3.8, 4) is 22.3 Å². The number of anilines is 6. The lowest BCUT2D eigenvalue weighted by Gasteiger charge is -2.27. The highest BCUT2D eigenvalue weighted by molar-refractivity contribution is 6.47. The molecule has 0 atom stereocenters. The first-order chi connectivity index (χ1) is 31.8. The third-order valence-electron chi connectivity index (χ3n) is 13.3. The normalized spacial score (nSPS) is 11.8. The third-order valence-corrected chi connectivity index (χ3v) is 13.3. The van der Waals surface area contributed by atoms with E-state index in [1.807, 2.05) is 0 Å². The van der Waals surface area contributed by atoms with Gasteiger partial charge in [0.05, 0.1) is 11.4 Å². The average molecular weight is 813 g/mol. The zero-order valence-corrected chi connectivity index (χ0v) is 35.0. The van der Waals surface area contributed by atoms with Crippen LogP contribution in [0.1, 0.15) is 0 Å². The molecule has 0 bridgehead atoms. The molecule has 298 valence electrons. The maximum absolute atomic E-state index is 2.41. The Morgan fingerprint density at radius 1 is 0.188 bits per heavy atom. The van der Waals surface area contributed by atoms with E-state index in [0.29, 0.717) is 0 Å². The van der Waals surface area contributed by atoms with E-state index in [1.54, 1.807) is 0 Å². The van der Waals surface area contributed by atoms with Gasteiger partial charge in [-0.15, -0.1) is 0 Å². The summed E-state index contributed by atoms with van der Waals surface area (Å²) in [6.07, 6.45) is 0. The van der Waals surface area contributed by atoms with Crippen LogP contribution in [0, 0.1) is 0 Å². The van der Waals surface area contributed by atoms with Gasteiger partial charge < -0.3 is 9.80 Å². The summed E-state index contributed by atoms with van der Waals surface area (Å²) >= 11 is 0. The first kappa shape index (κ1) is 36.2. The summed E-state index contributed by atoms with van der Waals surface area (Å²) in [5.74, 6) is 0. The van der Waals surface area contributed by atoms with Crippen LogP contribution in [0.15, 0.2) is 243 Å². The van der Waals surface area contributed by atoms with Crippen LogP contribution in [0.5, 0.6) is 0 Å². The Morgan fingerprint density at radius 2 is 0.453 bits per heavy atom. The SMILES string of the molecule is c1ccc(-c2c3c4cccc5c(N(c6ccccc6)c6ccccc6)ccc(c3c(-c3ccccc3)c3c6cccc7c(N(c8ccccc8)c8ccccc8)ccc(c23)c76)c54)cc1. The zero-order chi connectivity index (χ0) is 42.1. The molecule has 0 fully saturated rings. The summed E-state index contributed by atoms with van der Waals surface area (Å²) in [6, 6.07) is 88.7. The van der Waals surface area contributed by atoms with Gasteiger partial charge in [-0.05, 0) is 137 Å². The van der Waals surface area contributed by atoms with Crippen LogP contribution in [0.3, 0.4) is 0 Å². The summed E-state index contributed by atoms with van der Waals surface area (Å²) in [5.41, 5.74) is 11.8. The van der Waals surface area contributed by atoms with E-state index < -0.39 is 0 Å². The molecule has 64 heavy (non-hydrogen) atoms. The van der Waals surface area contributed by atoms with Gasteiger partial charge in [0.1, 0.15) is 0 Å². The van der Waals surface area contributed by atoms with Gasteiger partial charge in [-0.25, -0.2) is 0 Å². The van der Waals surface area contributed by atoms with E-state index in [-0.39, 0.29) is 0 Å². The van der Waals surface area contributed by atoms with Crippen molar-refractivity contribution in [1.29, 1.82) is 0 Å². The van der Waals surface area contributed by atoms with Crippen molar-refractivity contribution in [1.82, 2.24) is 0 Å². The number of fused-ring (bicyclic) bond motifs is 6. The van der Waals surface area contributed by atoms with E-state index in [2.05, 4.69) is 252 Å². The number of nitrogens with zero attached hydrogens (tertiary/aromatic N) is 2. The molecule has 0 heterocycles. The van der Waals surface area contributed by atoms with Crippen LogP contribution in [0.2, 0.25) is 0 Å². The summed E-state index contributed by atoms with van der Waals surface area (Å²) in [5, 5.41) is 15.3. The molecular formula is C62H40N2. The van der Waals surface area contributed by atoms with Crippen LogP contribution in [0.25, 0.3) is 86.9 Å². The van der Waals surface area contributed by atoms with E-state index in [0.717, 1.165) is 34.1 Å². The van der Waals surface area contributed by atoms with Crippen molar-refractivity contribution in [2.75, 3.05) is 9.80 Å². The fraction of sp³-hybridized carbons (Fsp3) is 0. The topological polar surface area (TPSA) is 6.48 Å². The highest BCUT2D eigenvalue weighted by Crippen LogP contribution is 2.57. The molecule has 0 saturated carbocycles. The molecule has 0 radical (unpaired) electrons. The average Bonchev–Trinajstić information content (AvgIpc) is 3.88. The quantitative estimate of drug-likeness (QED) is 0.151. The molecule has 2 nitrogen and oxygen atoms in total. The van der Waals surface area contributed by atoms with E-state index >= 15 is 0 Å². The maximum atomic E-state index is 2.41. The van der Waals surface area contributed by atoms with Gasteiger partial charge in [0.15, 0.2) is 0 Å². The third kappa shape index (κ3) is 5.39. The molecule has 0 unspecified atom stereocenters. The summed E-state index contributed by atoms with van der Waals surface area (Å²) in [6.45, 7) is 0. The molecule has 0 spiro atoms. The Labute approximate surface area is 371 Å². The number of hydrogen-bond acceptors (Lipinski definition) is 2. The first-order valence-electron chi connectivity index (χ1n) is 22.1. The highest BCUT2D eigenvalue weighted by Gasteiger charge is 2.29. The largest absolute Gasteiger partial charge is 0.310 e. The molecule has 0 aliphatic rings. The number of hydrogen-bond donors (Lipinski definition) is 0. The molecule has 0 amide bonds. The monoisotopic (exact) mass is 812 g/mol. The number of benzene rings is 11. The second-order valence-electron chi connectivity index (χ2n) is 16.7. The van der Waals surface area contributed by atoms with Gasteiger partial charge in [-0.2, -0.15) is 0 Å². The van der Waals surface area contributed by atoms with Crippen molar-refractivity contribution < 1.29 is 0 Å². The van der Waals surface area contributed by atoms with Gasteiger partial charge in [0, 0.05) is 33.5 Å². The summed E-state index contributed by atoms with van der Waals surface area (Å²) in [4.78, 5) is 4.82. The number of rotatable bonds is 8. The Bertz CT molecular complexity index is 3410. The minimum Gasteiger partial charge on any atom is -0.310 e. The molecular weight excluding hydrogens is 773 g/mol. The minimum absolute atomic E-state index is 1.13. The molecule has 13 aromatic carbocycles. The van der Waals surface area contributed by atoms with Crippen molar-refractivity contribution >= 4 is 98.8 Å². The minimum atomic E-state index is 1.13. The Morgan fingerprint density at radius 3 is 0.766 bits per heavy atom. The van der Waals surface area contributed by atoms with Crippen LogP contribution >= 0.6 is 0 Å². The second kappa shape index (κ2) is 14.6. The van der Waals surface area contributed by atoms with Crippen molar-refractivity contribution in [3.63, 3.8) is 0 Å². The van der Waals surface area contributed by atoms with Gasteiger partial charge in [-0.3, -0.25) is 0 Å². The molecule has 0 N–H and O–H groups in total. The van der Waals surface area contributed by atoms with Crippen LogP contribution in [-0.2, 0) is 0 Å². The lowest BCUT2D eigenvalue weighted by atomic mass is 9.87. The molecule has 0 aliphatic carbocycles. The predicted molar refractivity (Wildman–Crippen MR) is 274 cm³/mol. The highest BCUT2D eigenvalue weighted by atomic mass is 15.1. The lowest BCUT2D eigenvalue weighted by molar-refractivity contribution is 1.30.